The van der Waals surface area contributed by atoms with Crippen LogP contribution in [0.1, 0.15) is 201 Å². The number of esters is 3. The third-order valence-corrected chi connectivity index (χ3v) is 11.5. The van der Waals surface area contributed by atoms with Gasteiger partial charge >= 0.3 is 23.9 Å². The second-order valence-corrected chi connectivity index (χ2v) is 17.8. The molecule has 392 valence electrons. The van der Waals surface area contributed by atoms with E-state index in [2.05, 4.69) is 93.7 Å². The van der Waals surface area contributed by atoms with Crippen LogP contribution in [0.3, 0.4) is 0 Å². The minimum atomic E-state index is -1.92. The molecule has 1 fully saturated rings. The van der Waals surface area contributed by atoms with Crippen LogP contribution in [0.5, 0.6) is 0 Å². The predicted molar refractivity (Wildman–Crippen MR) is 275 cm³/mol. The summed E-state index contributed by atoms with van der Waals surface area (Å²) in [5.41, 5.74) is 0. The summed E-state index contributed by atoms with van der Waals surface area (Å²) in [5.74, 6) is -3.26. The van der Waals surface area contributed by atoms with Crippen LogP contribution in [0.15, 0.2) is 85.1 Å². The molecule has 0 aromatic heterocycles. The highest BCUT2D eigenvalue weighted by atomic mass is 16.7. The van der Waals surface area contributed by atoms with Gasteiger partial charge < -0.3 is 39.0 Å². The van der Waals surface area contributed by atoms with E-state index < -0.39 is 67.3 Å². The van der Waals surface area contributed by atoms with Gasteiger partial charge in [-0.05, 0) is 77.0 Å². The number of hydrogen-bond acceptors (Lipinski definition) is 11. The maximum atomic E-state index is 13.0. The molecule has 1 rings (SSSR count). The number of hydrogen-bond donors (Lipinski definition) is 3. The van der Waals surface area contributed by atoms with Crippen molar-refractivity contribution in [3.05, 3.63) is 85.1 Å². The zero-order valence-electron chi connectivity index (χ0n) is 42.8. The first-order chi connectivity index (χ1) is 33.6. The second kappa shape index (κ2) is 45.1. The van der Waals surface area contributed by atoms with Crippen LogP contribution >= 0.6 is 0 Å². The first-order valence-corrected chi connectivity index (χ1v) is 26.6. The standard InChI is InChI=1S/C57H92O12/c1-4-7-10-13-16-19-22-24-25-27-30-33-36-39-42-45-51(60)68-55-53(62)52(61)54(56(63)64)69-57(55)66-47-48(67-50(59)44-41-38-35-32-28-21-18-15-12-9-6-3)46-65-49(58)43-40-37-34-31-29-26-23-20-17-14-11-8-5-2/h7-8,10-11,16-17,19-20,24-26,29,34,37,48,52-55,57,61-62H,4-6,9,12-15,18,21-23,27-28,30-33,35-36,38-47H2,1-3H3,(H,63,64)/b10-7-,11-8-,19-16-,20-17-,25-24-,29-26-,37-34-. The molecule has 12 heteroatoms. The summed E-state index contributed by atoms with van der Waals surface area (Å²) in [4.78, 5) is 50.8. The van der Waals surface area contributed by atoms with E-state index in [4.69, 9.17) is 23.7 Å². The summed E-state index contributed by atoms with van der Waals surface area (Å²) >= 11 is 0. The van der Waals surface area contributed by atoms with Crippen LogP contribution in [0.25, 0.3) is 0 Å². The average Bonchev–Trinajstić information content (AvgIpc) is 3.33. The SMILES string of the molecule is CC/C=C\C/C=C\C/C=C\C/C=C\CCC(=O)OCC(COC1OC(C(=O)O)C(O)C(O)C1OC(=O)CCCCCCC/C=C\C/C=C\C/C=C\CC)OC(=O)CCCCCCCCCCCCC. The van der Waals surface area contributed by atoms with Crippen molar-refractivity contribution in [1.29, 1.82) is 0 Å². The first-order valence-electron chi connectivity index (χ1n) is 26.6. The van der Waals surface area contributed by atoms with Gasteiger partial charge in [-0.25, -0.2) is 4.79 Å². The number of allylic oxidation sites excluding steroid dienone is 14. The van der Waals surface area contributed by atoms with Gasteiger partial charge in [-0.1, -0.05) is 189 Å². The molecule has 6 unspecified atom stereocenters. The zero-order valence-corrected chi connectivity index (χ0v) is 42.8. The van der Waals surface area contributed by atoms with E-state index >= 15 is 0 Å². The number of ether oxygens (including phenoxy) is 5. The molecule has 0 spiro atoms. The highest BCUT2D eigenvalue weighted by Gasteiger charge is 2.50. The molecular weight excluding hydrogens is 877 g/mol. The quantitative estimate of drug-likeness (QED) is 0.0229. The van der Waals surface area contributed by atoms with Crippen molar-refractivity contribution in [3.63, 3.8) is 0 Å². The minimum Gasteiger partial charge on any atom is -0.479 e. The topological polar surface area (TPSA) is 175 Å². The Morgan fingerprint density at radius 1 is 0.493 bits per heavy atom. The van der Waals surface area contributed by atoms with Gasteiger partial charge in [-0.15, -0.1) is 0 Å². The fourth-order valence-corrected chi connectivity index (χ4v) is 7.45. The summed E-state index contributed by atoms with van der Waals surface area (Å²) in [6, 6.07) is 0. The lowest BCUT2D eigenvalue weighted by Gasteiger charge is -2.40. The van der Waals surface area contributed by atoms with Crippen molar-refractivity contribution in [3.8, 4) is 0 Å². The lowest BCUT2D eigenvalue weighted by Crippen LogP contribution is -2.61. The predicted octanol–water partition coefficient (Wildman–Crippen LogP) is 12.8. The zero-order chi connectivity index (χ0) is 50.4. The fourth-order valence-electron chi connectivity index (χ4n) is 7.45. The van der Waals surface area contributed by atoms with Crippen molar-refractivity contribution in [2.24, 2.45) is 0 Å². The number of rotatable bonds is 43. The molecule has 69 heavy (non-hydrogen) atoms. The summed E-state index contributed by atoms with van der Waals surface area (Å²) in [6.45, 7) is 5.65. The van der Waals surface area contributed by atoms with Crippen LogP contribution in [-0.2, 0) is 42.9 Å². The van der Waals surface area contributed by atoms with E-state index in [-0.39, 0.29) is 25.9 Å². The Hall–Kier alpha value is -4.10. The van der Waals surface area contributed by atoms with E-state index in [9.17, 15) is 34.5 Å². The van der Waals surface area contributed by atoms with E-state index in [0.717, 1.165) is 96.3 Å². The molecule has 1 aliphatic rings. The van der Waals surface area contributed by atoms with Gasteiger partial charge in [0.25, 0.3) is 0 Å². The average molecular weight is 969 g/mol. The molecule has 0 aromatic rings. The van der Waals surface area contributed by atoms with Gasteiger partial charge in [-0.2, -0.15) is 0 Å². The third-order valence-electron chi connectivity index (χ3n) is 11.5. The number of aliphatic hydroxyl groups excluding tert-OH is 2. The largest absolute Gasteiger partial charge is 0.479 e. The maximum absolute atomic E-state index is 13.0. The smallest absolute Gasteiger partial charge is 0.335 e. The maximum Gasteiger partial charge on any atom is 0.335 e. The second-order valence-electron chi connectivity index (χ2n) is 17.8. The van der Waals surface area contributed by atoms with Crippen LogP contribution in [-0.4, -0.2) is 89.2 Å². The Bertz CT molecular complexity index is 1530. The Balaban J connectivity index is 2.77. The molecule has 1 heterocycles. The molecule has 12 nitrogen and oxygen atoms in total. The van der Waals surface area contributed by atoms with Crippen LogP contribution in [0.2, 0.25) is 0 Å². The highest BCUT2D eigenvalue weighted by molar-refractivity contribution is 5.74. The molecule has 1 saturated heterocycles. The van der Waals surface area contributed by atoms with E-state index in [1.807, 2.05) is 12.2 Å². The monoisotopic (exact) mass is 969 g/mol. The molecular formula is C57H92O12. The number of carbonyl (C=O) groups is 4. The lowest BCUT2D eigenvalue weighted by molar-refractivity contribution is -0.301. The fraction of sp³-hybridized carbons (Fsp3) is 0.684. The number of aliphatic hydroxyl groups is 2. The summed E-state index contributed by atoms with van der Waals surface area (Å²) in [6.07, 6.45) is 44.4. The van der Waals surface area contributed by atoms with Crippen molar-refractivity contribution < 1.29 is 58.2 Å². The van der Waals surface area contributed by atoms with Gasteiger partial charge in [0.05, 0.1) is 6.61 Å². The third kappa shape index (κ3) is 35.6. The van der Waals surface area contributed by atoms with Gasteiger partial charge in [0.15, 0.2) is 24.6 Å². The van der Waals surface area contributed by atoms with Crippen LogP contribution < -0.4 is 0 Å². The van der Waals surface area contributed by atoms with Crippen molar-refractivity contribution >= 4 is 23.9 Å². The Labute approximate surface area is 416 Å². The number of aliphatic carboxylic acids is 1. The van der Waals surface area contributed by atoms with Crippen molar-refractivity contribution in [2.75, 3.05) is 13.2 Å². The summed E-state index contributed by atoms with van der Waals surface area (Å²) in [7, 11) is 0. The van der Waals surface area contributed by atoms with Gasteiger partial charge in [0.2, 0.25) is 0 Å². The van der Waals surface area contributed by atoms with Gasteiger partial charge in [0.1, 0.15) is 18.8 Å². The molecule has 0 bridgehead atoms. The van der Waals surface area contributed by atoms with Crippen molar-refractivity contribution in [2.45, 2.75) is 237 Å². The molecule has 1 aliphatic heterocycles. The van der Waals surface area contributed by atoms with E-state index in [1.165, 1.54) is 44.9 Å². The van der Waals surface area contributed by atoms with Crippen LogP contribution in [0.4, 0.5) is 0 Å². The number of carboxylic acids is 1. The molecule has 0 radical (unpaired) electrons. The number of unbranched alkanes of at least 4 members (excludes halogenated alkanes) is 15. The van der Waals surface area contributed by atoms with Crippen LogP contribution in [0, 0.1) is 0 Å². The van der Waals surface area contributed by atoms with Crippen molar-refractivity contribution in [1.82, 2.24) is 0 Å². The molecule has 6 atom stereocenters. The Kier molecular flexibility index (Phi) is 41.1. The minimum absolute atomic E-state index is 0.0320. The first kappa shape index (κ1) is 62.9. The van der Waals surface area contributed by atoms with Gasteiger partial charge in [-0.3, -0.25) is 14.4 Å². The molecule has 0 saturated carbocycles. The normalized spacial score (nSPS) is 19.3. The number of carbonyl (C=O) groups excluding carboxylic acids is 3. The van der Waals surface area contributed by atoms with E-state index in [0.29, 0.717) is 19.3 Å². The summed E-state index contributed by atoms with van der Waals surface area (Å²) in [5, 5.41) is 31.3. The Morgan fingerprint density at radius 3 is 1.45 bits per heavy atom. The highest BCUT2D eigenvalue weighted by Crippen LogP contribution is 2.26. The summed E-state index contributed by atoms with van der Waals surface area (Å²) < 4.78 is 28.2. The molecule has 0 aliphatic carbocycles. The Morgan fingerprint density at radius 2 is 0.942 bits per heavy atom. The van der Waals surface area contributed by atoms with E-state index in [1.54, 1.807) is 0 Å². The molecule has 0 aromatic carbocycles. The molecule has 3 N–H and O–H groups in total. The van der Waals surface area contributed by atoms with Gasteiger partial charge in [0, 0.05) is 19.3 Å². The lowest BCUT2D eigenvalue weighted by atomic mass is 9.98. The number of carboxylic acid groups (broad SMARTS) is 1. The molecule has 0 amide bonds.